The molecule has 0 atom stereocenters. The maximum Gasteiger partial charge on any atom is 0.232 e. The predicted molar refractivity (Wildman–Crippen MR) is 103 cm³/mol. The van der Waals surface area contributed by atoms with Crippen molar-refractivity contribution >= 4 is 18.0 Å². The Labute approximate surface area is 161 Å². The van der Waals surface area contributed by atoms with Gasteiger partial charge in [-0.15, -0.1) is 0 Å². The van der Waals surface area contributed by atoms with Crippen molar-refractivity contribution in [2.45, 2.75) is 6.54 Å². The highest BCUT2D eigenvalue weighted by Gasteiger charge is 2.12. The molecule has 1 aromatic heterocycles. The van der Waals surface area contributed by atoms with E-state index in [-0.39, 0.29) is 29.8 Å². The van der Waals surface area contributed by atoms with Crippen LogP contribution in [-0.2, 0) is 6.54 Å². The van der Waals surface area contributed by atoms with Gasteiger partial charge in [0.2, 0.25) is 17.5 Å². The first-order chi connectivity index (χ1) is 13.6. The number of benzene rings is 2. The molecule has 0 aliphatic rings. The Morgan fingerprint density at radius 1 is 1.14 bits per heavy atom. The van der Waals surface area contributed by atoms with Crippen molar-refractivity contribution in [1.29, 1.82) is 5.26 Å². The van der Waals surface area contributed by atoms with Crippen molar-refractivity contribution in [2.75, 3.05) is 19.5 Å². The van der Waals surface area contributed by atoms with Crippen LogP contribution in [0.5, 0.6) is 11.5 Å². The summed E-state index contributed by atoms with van der Waals surface area (Å²) in [4.78, 5) is 4.13. The van der Waals surface area contributed by atoms with Gasteiger partial charge in [0.25, 0.3) is 0 Å². The third-order valence-electron chi connectivity index (χ3n) is 3.97. The zero-order valence-corrected chi connectivity index (χ0v) is 15.4. The number of anilines is 1. The molecule has 1 heterocycles. The number of methoxy groups -OCH3 is 2. The molecule has 7 heteroatoms. The van der Waals surface area contributed by atoms with E-state index in [0.717, 1.165) is 5.56 Å². The van der Waals surface area contributed by atoms with Crippen LogP contribution in [0.4, 0.5) is 10.3 Å². The molecule has 0 aliphatic carbocycles. The summed E-state index contributed by atoms with van der Waals surface area (Å²) in [6.07, 6.45) is 3.41. The van der Waals surface area contributed by atoms with Gasteiger partial charge in [-0.05, 0) is 29.8 Å². The number of hydrogen-bond acceptors (Lipinski definition) is 6. The summed E-state index contributed by atoms with van der Waals surface area (Å²) in [5.74, 6) is 1.34. The van der Waals surface area contributed by atoms with Gasteiger partial charge in [0.15, 0.2) is 11.5 Å². The number of nitrogens with one attached hydrogen (secondary N) is 1. The first-order valence-electron chi connectivity index (χ1n) is 8.43. The van der Waals surface area contributed by atoms with Gasteiger partial charge in [0.05, 0.1) is 14.2 Å². The van der Waals surface area contributed by atoms with Gasteiger partial charge in [-0.1, -0.05) is 24.3 Å². The zero-order chi connectivity index (χ0) is 19.9. The molecular weight excluding hydrogens is 361 g/mol. The van der Waals surface area contributed by atoms with Crippen molar-refractivity contribution in [1.82, 2.24) is 4.98 Å². The summed E-state index contributed by atoms with van der Waals surface area (Å²) >= 11 is 0. The van der Waals surface area contributed by atoms with Crippen LogP contribution in [0.15, 0.2) is 46.9 Å². The van der Waals surface area contributed by atoms with E-state index in [1.165, 1.54) is 6.07 Å². The average Bonchev–Trinajstić information content (AvgIpc) is 3.13. The standard InChI is InChI=1S/C21H18FN3O3/c1-26-18-9-7-14(11-19(18)27-2)8-10-20-25-17(12-23)21(28-20)24-13-15-5-3-4-6-16(15)22/h3-11,24H,13H2,1-2H3/b10-8+. The molecular formula is C21H18FN3O3. The van der Waals surface area contributed by atoms with Crippen LogP contribution in [0.2, 0.25) is 0 Å². The molecule has 2 aromatic carbocycles. The first-order valence-corrected chi connectivity index (χ1v) is 8.43. The molecule has 0 aliphatic heterocycles. The predicted octanol–water partition coefficient (Wildman–Crippen LogP) is 4.49. The summed E-state index contributed by atoms with van der Waals surface area (Å²) in [6, 6.07) is 13.8. The average molecular weight is 379 g/mol. The van der Waals surface area contributed by atoms with Crippen LogP contribution in [0.1, 0.15) is 22.7 Å². The number of nitrogens with zero attached hydrogens (tertiary/aromatic N) is 2. The van der Waals surface area contributed by atoms with E-state index < -0.39 is 0 Å². The van der Waals surface area contributed by atoms with Gasteiger partial charge >= 0.3 is 0 Å². The Balaban J connectivity index is 1.76. The lowest BCUT2D eigenvalue weighted by Crippen LogP contribution is -2.01. The van der Waals surface area contributed by atoms with Crippen LogP contribution in [0, 0.1) is 17.1 Å². The summed E-state index contributed by atoms with van der Waals surface area (Å²) in [7, 11) is 3.13. The lowest BCUT2D eigenvalue weighted by molar-refractivity contribution is 0.355. The highest BCUT2D eigenvalue weighted by Crippen LogP contribution is 2.28. The van der Waals surface area contributed by atoms with E-state index in [1.807, 2.05) is 12.1 Å². The lowest BCUT2D eigenvalue weighted by atomic mass is 10.2. The quantitative estimate of drug-likeness (QED) is 0.652. The molecule has 142 valence electrons. The second-order valence-electron chi connectivity index (χ2n) is 5.73. The van der Waals surface area contributed by atoms with Crippen molar-refractivity contribution < 1.29 is 18.3 Å². The first kappa shape index (κ1) is 19.0. The summed E-state index contributed by atoms with van der Waals surface area (Å²) in [5.41, 5.74) is 1.41. The highest BCUT2D eigenvalue weighted by atomic mass is 19.1. The van der Waals surface area contributed by atoms with Gasteiger partial charge in [-0.3, -0.25) is 0 Å². The Morgan fingerprint density at radius 3 is 2.64 bits per heavy atom. The van der Waals surface area contributed by atoms with Gasteiger partial charge < -0.3 is 19.2 Å². The second-order valence-corrected chi connectivity index (χ2v) is 5.73. The minimum atomic E-state index is -0.332. The molecule has 3 aromatic rings. The smallest absolute Gasteiger partial charge is 0.232 e. The largest absolute Gasteiger partial charge is 0.493 e. The molecule has 0 radical (unpaired) electrons. The highest BCUT2D eigenvalue weighted by molar-refractivity contribution is 5.69. The normalized spacial score (nSPS) is 10.6. The van der Waals surface area contributed by atoms with Crippen LogP contribution >= 0.6 is 0 Å². The van der Waals surface area contributed by atoms with Gasteiger partial charge in [-0.2, -0.15) is 10.2 Å². The summed E-state index contributed by atoms with van der Waals surface area (Å²) < 4.78 is 29.8. The number of hydrogen-bond donors (Lipinski definition) is 1. The maximum atomic E-state index is 13.7. The van der Waals surface area contributed by atoms with E-state index in [9.17, 15) is 9.65 Å². The van der Waals surface area contributed by atoms with Crippen LogP contribution in [-0.4, -0.2) is 19.2 Å². The minimum Gasteiger partial charge on any atom is -0.493 e. The molecule has 0 saturated heterocycles. The Morgan fingerprint density at radius 2 is 1.93 bits per heavy atom. The summed E-state index contributed by atoms with van der Waals surface area (Å²) in [5, 5.41) is 12.2. The van der Waals surface area contributed by atoms with Gasteiger partial charge in [-0.25, -0.2) is 4.39 Å². The topological polar surface area (TPSA) is 80.3 Å². The molecule has 0 spiro atoms. The lowest BCUT2D eigenvalue weighted by Gasteiger charge is -2.07. The van der Waals surface area contributed by atoms with Crippen molar-refractivity contribution in [3.8, 4) is 17.6 Å². The molecule has 6 nitrogen and oxygen atoms in total. The van der Waals surface area contributed by atoms with Crippen molar-refractivity contribution in [2.24, 2.45) is 0 Å². The van der Waals surface area contributed by atoms with Crippen LogP contribution < -0.4 is 14.8 Å². The third-order valence-corrected chi connectivity index (χ3v) is 3.97. The molecule has 28 heavy (non-hydrogen) atoms. The number of halogens is 1. The molecule has 0 fully saturated rings. The van der Waals surface area contributed by atoms with Crippen LogP contribution in [0.3, 0.4) is 0 Å². The Bertz CT molecular complexity index is 1040. The Kier molecular flexibility index (Phi) is 5.92. The fraction of sp³-hybridized carbons (Fsp3) is 0.143. The van der Waals surface area contributed by atoms with Gasteiger partial charge in [0, 0.05) is 18.2 Å². The van der Waals surface area contributed by atoms with E-state index >= 15 is 0 Å². The SMILES string of the molecule is COc1ccc(/C=C/c2nc(C#N)c(NCc3ccccc3F)o2)cc1OC. The van der Waals surface area contributed by atoms with E-state index in [2.05, 4.69) is 10.3 Å². The number of oxazole rings is 1. The maximum absolute atomic E-state index is 13.7. The number of nitriles is 1. The summed E-state index contributed by atoms with van der Waals surface area (Å²) in [6.45, 7) is 0.176. The molecule has 3 rings (SSSR count). The van der Waals surface area contributed by atoms with E-state index in [0.29, 0.717) is 17.1 Å². The Hall–Kier alpha value is -3.79. The minimum absolute atomic E-state index is 0.100. The fourth-order valence-electron chi connectivity index (χ4n) is 2.54. The molecule has 0 saturated carbocycles. The molecule has 0 unspecified atom stereocenters. The second kappa shape index (κ2) is 8.73. The van der Waals surface area contributed by atoms with E-state index in [4.69, 9.17) is 13.9 Å². The number of rotatable bonds is 7. The fourth-order valence-corrected chi connectivity index (χ4v) is 2.54. The molecule has 1 N–H and O–H groups in total. The van der Waals surface area contributed by atoms with Crippen molar-refractivity contribution in [3.63, 3.8) is 0 Å². The zero-order valence-electron chi connectivity index (χ0n) is 15.4. The van der Waals surface area contributed by atoms with Crippen LogP contribution in [0.25, 0.3) is 12.2 Å². The third kappa shape index (κ3) is 4.30. The van der Waals surface area contributed by atoms with Gasteiger partial charge in [0.1, 0.15) is 11.9 Å². The molecule has 0 amide bonds. The monoisotopic (exact) mass is 379 g/mol. The number of aromatic nitrogens is 1. The van der Waals surface area contributed by atoms with Crippen molar-refractivity contribution in [3.05, 3.63) is 71.0 Å². The molecule has 0 bridgehead atoms. The number of ether oxygens (including phenoxy) is 2. The van der Waals surface area contributed by atoms with E-state index in [1.54, 1.807) is 56.7 Å².